The van der Waals surface area contributed by atoms with E-state index in [-0.39, 0.29) is 18.5 Å². The number of amides is 3. The molecule has 33 heavy (non-hydrogen) atoms. The van der Waals surface area contributed by atoms with Crippen molar-refractivity contribution in [2.75, 3.05) is 38.1 Å². The summed E-state index contributed by atoms with van der Waals surface area (Å²) in [6.45, 7) is 3.24. The van der Waals surface area contributed by atoms with E-state index in [4.69, 9.17) is 4.74 Å². The number of nitrogens with zero attached hydrogens (tertiary/aromatic N) is 3. The third-order valence-electron chi connectivity index (χ3n) is 5.60. The van der Waals surface area contributed by atoms with Gasteiger partial charge >= 0.3 is 12.0 Å². The number of urea groups is 1. The highest BCUT2D eigenvalue weighted by atomic mass is 16.5. The van der Waals surface area contributed by atoms with Crippen molar-refractivity contribution >= 4 is 23.6 Å². The Kier molecular flexibility index (Phi) is 6.73. The number of carbonyl (C=O) groups excluding carboxylic acids is 3. The molecule has 1 fully saturated rings. The summed E-state index contributed by atoms with van der Waals surface area (Å²) < 4.78 is 7.20. The molecule has 1 aromatic heterocycles. The maximum absolute atomic E-state index is 12.5. The number of anilines is 1. The number of nitrogens with one attached hydrogen (secondary N) is 1. The lowest BCUT2D eigenvalue weighted by Crippen LogP contribution is -2.52. The third kappa shape index (κ3) is 5.41. The Bertz CT molecular complexity index is 1120. The van der Waals surface area contributed by atoms with E-state index in [2.05, 4.69) is 5.32 Å². The molecule has 1 aliphatic heterocycles. The summed E-state index contributed by atoms with van der Waals surface area (Å²) >= 11 is 0. The lowest BCUT2D eigenvalue weighted by atomic mass is 10.1. The zero-order chi connectivity index (χ0) is 23.2. The summed E-state index contributed by atoms with van der Waals surface area (Å²) in [5.74, 6) is -0.818. The molecule has 170 valence electrons. The molecule has 0 unspecified atom stereocenters. The van der Waals surface area contributed by atoms with Gasteiger partial charge in [0.2, 0.25) is 0 Å². The van der Waals surface area contributed by atoms with Gasteiger partial charge in [0.1, 0.15) is 0 Å². The van der Waals surface area contributed by atoms with E-state index in [0.717, 1.165) is 16.9 Å². The van der Waals surface area contributed by atoms with E-state index in [9.17, 15) is 14.4 Å². The molecule has 0 atom stereocenters. The Morgan fingerprint density at radius 2 is 1.55 bits per heavy atom. The number of esters is 1. The van der Waals surface area contributed by atoms with Gasteiger partial charge in [-0.2, -0.15) is 0 Å². The smallest absolute Gasteiger partial charge is 0.338 e. The quantitative estimate of drug-likeness (QED) is 0.610. The van der Waals surface area contributed by atoms with Crippen LogP contribution in [-0.2, 0) is 9.53 Å². The lowest BCUT2D eigenvalue weighted by Gasteiger charge is -2.34. The number of para-hydroxylation sites is 1. The van der Waals surface area contributed by atoms with Gasteiger partial charge in [-0.15, -0.1) is 0 Å². The van der Waals surface area contributed by atoms with E-state index in [1.807, 2.05) is 72.4 Å². The second kappa shape index (κ2) is 10.0. The Balaban J connectivity index is 1.26. The van der Waals surface area contributed by atoms with Crippen LogP contribution < -0.4 is 5.32 Å². The van der Waals surface area contributed by atoms with Crippen molar-refractivity contribution in [1.82, 2.24) is 14.4 Å². The molecule has 0 saturated carbocycles. The first kappa shape index (κ1) is 22.1. The van der Waals surface area contributed by atoms with E-state index in [1.165, 1.54) is 0 Å². The summed E-state index contributed by atoms with van der Waals surface area (Å²) in [6, 6.07) is 18.2. The number of benzene rings is 2. The molecule has 8 nitrogen and oxygen atoms in total. The van der Waals surface area contributed by atoms with Gasteiger partial charge in [0.05, 0.1) is 5.56 Å². The first-order chi connectivity index (χ1) is 16.0. The fourth-order valence-corrected chi connectivity index (χ4v) is 3.69. The van der Waals surface area contributed by atoms with Crippen LogP contribution in [0.3, 0.4) is 0 Å². The SMILES string of the molecule is Cc1ccc(C(=O)OCC(=O)N2CCN(C(=O)Nc3ccccc3)CC2)cc1-n1cccc1. The molecule has 4 rings (SSSR count). The Morgan fingerprint density at radius 1 is 0.879 bits per heavy atom. The molecule has 2 aromatic carbocycles. The first-order valence-corrected chi connectivity index (χ1v) is 10.8. The van der Waals surface area contributed by atoms with Crippen LogP contribution in [0.15, 0.2) is 73.1 Å². The van der Waals surface area contributed by atoms with Gasteiger partial charge in [-0.3, -0.25) is 4.79 Å². The van der Waals surface area contributed by atoms with Crippen molar-refractivity contribution < 1.29 is 19.1 Å². The van der Waals surface area contributed by atoms with Crippen molar-refractivity contribution in [3.63, 3.8) is 0 Å². The normalized spacial score (nSPS) is 13.5. The van der Waals surface area contributed by atoms with Crippen LogP contribution in [0.25, 0.3) is 5.69 Å². The largest absolute Gasteiger partial charge is 0.452 e. The molecule has 1 saturated heterocycles. The summed E-state index contributed by atoms with van der Waals surface area (Å²) in [7, 11) is 0. The summed E-state index contributed by atoms with van der Waals surface area (Å²) in [6.07, 6.45) is 3.81. The van der Waals surface area contributed by atoms with Crippen molar-refractivity contribution in [3.05, 3.63) is 84.2 Å². The topological polar surface area (TPSA) is 83.9 Å². The lowest BCUT2D eigenvalue weighted by molar-refractivity contribution is -0.135. The summed E-state index contributed by atoms with van der Waals surface area (Å²) in [4.78, 5) is 40.7. The molecule has 3 amide bonds. The van der Waals surface area contributed by atoms with Gasteiger partial charge in [0.15, 0.2) is 6.61 Å². The number of piperazine rings is 1. The van der Waals surface area contributed by atoms with Crippen LogP contribution in [0.4, 0.5) is 10.5 Å². The van der Waals surface area contributed by atoms with E-state index >= 15 is 0 Å². The van der Waals surface area contributed by atoms with Crippen LogP contribution >= 0.6 is 0 Å². The van der Waals surface area contributed by atoms with E-state index < -0.39 is 5.97 Å². The molecule has 3 aromatic rings. The summed E-state index contributed by atoms with van der Waals surface area (Å²) in [5, 5.41) is 2.84. The number of hydrogen-bond donors (Lipinski definition) is 1. The first-order valence-electron chi connectivity index (χ1n) is 10.8. The van der Waals surface area contributed by atoms with Crippen molar-refractivity contribution in [1.29, 1.82) is 0 Å². The average molecular weight is 447 g/mol. The predicted octanol–water partition coefficient (Wildman–Crippen LogP) is 3.32. The monoisotopic (exact) mass is 446 g/mol. The number of ether oxygens (including phenoxy) is 1. The minimum atomic E-state index is -0.544. The van der Waals surface area contributed by atoms with Crippen LogP contribution in [-0.4, -0.2) is 65.1 Å². The molecule has 0 radical (unpaired) electrons. The van der Waals surface area contributed by atoms with E-state index in [1.54, 1.807) is 21.9 Å². The van der Waals surface area contributed by atoms with Gasteiger partial charge in [-0.25, -0.2) is 9.59 Å². The fraction of sp³-hybridized carbons (Fsp3) is 0.240. The molecule has 0 aliphatic carbocycles. The molecule has 1 aliphatic rings. The number of aromatic nitrogens is 1. The summed E-state index contributed by atoms with van der Waals surface area (Å²) in [5.41, 5.74) is 3.02. The average Bonchev–Trinajstić information content (AvgIpc) is 3.38. The van der Waals surface area contributed by atoms with Crippen LogP contribution in [0.2, 0.25) is 0 Å². The molecule has 2 heterocycles. The van der Waals surface area contributed by atoms with Crippen molar-refractivity contribution in [2.45, 2.75) is 6.92 Å². The Hall–Kier alpha value is -4.07. The fourth-order valence-electron chi connectivity index (χ4n) is 3.69. The maximum atomic E-state index is 12.5. The number of carbonyl (C=O) groups is 3. The minimum Gasteiger partial charge on any atom is -0.452 e. The van der Waals surface area contributed by atoms with Gasteiger partial charge in [-0.1, -0.05) is 24.3 Å². The minimum absolute atomic E-state index is 0.197. The molecular formula is C25H26N4O4. The Labute approximate surface area is 192 Å². The highest BCUT2D eigenvalue weighted by Gasteiger charge is 2.25. The van der Waals surface area contributed by atoms with Crippen molar-refractivity contribution in [3.8, 4) is 5.69 Å². The zero-order valence-electron chi connectivity index (χ0n) is 18.4. The molecule has 8 heteroatoms. The highest BCUT2D eigenvalue weighted by Crippen LogP contribution is 2.17. The molecule has 0 spiro atoms. The van der Waals surface area contributed by atoms with E-state index in [0.29, 0.717) is 31.7 Å². The molecule has 0 bridgehead atoms. The number of aryl methyl sites for hydroxylation is 1. The number of rotatable bonds is 5. The van der Waals surface area contributed by atoms with Crippen LogP contribution in [0.1, 0.15) is 15.9 Å². The van der Waals surface area contributed by atoms with Crippen LogP contribution in [0.5, 0.6) is 0 Å². The zero-order valence-corrected chi connectivity index (χ0v) is 18.4. The van der Waals surface area contributed by atoms with Gasteiger partial charge in [0, 0.05) is 49.9 Å². The standard InChI is InChI=1S/C25H26N4O4/c1-19-9-10-20(17-22(19)27-11-5-6-12-27)24(31)33-18-23(30)28-13-15-29(16-14-28)25(32)26-21-7-3-2-4-8-21/h2-12,17H,13-16,18H2,1H3,(H,26,32). The van der Waals surface area contributed by atoms with Gasteiger partial charge < -0.3 is 24.4 Å². The van der Waals surface area contributed by atoms with Gasteiger partial charge in [-0.05, 0) is 48.9 Å². The second-order valence-electron chi connectivity index (χ2n) is 7.83. The maximum Gasteiger partial charge on any atom is 0.338 e. The van der Waals surface area contributed by atoms with Crippen molar-refractivity contribution in [2.24, 2.45) is 0 Å². The second-order valence-corrected chi connectivity index (χ2v) is 7.83. The Morgan fingerprint density at radius 3 is 2.24 bits per heavy atom. The van der Waals surface area contributed by atoms with Gasteiger partial charge in [0.25, 0.3) is 5.91 Å². The molecular weight excluding hydrogens is 420 g/mol. The molecule has 1 N–H and O–H groups in total. The highest BCUT2D eigenvalue weighted by molar-refractivity contribution is 5.92. The number of hydrogen-bond acceptors (Lipinski definition) is 4. The predicted molar refractivity (Wildman–Crippen MR) is 124 cm³/mol. The third-order valence-corrected chi connectivity index (χ3v) is 5.60. The van der Waals surface area contributed by atoms with Crippen LogP contribution in [0, 0.1) is 6.92 Å².